The molecule has 4 nitrogen and oxygen atoms in total. The molecule has 0 atom stereocenters. The van der Waals surface area contributed by atoms with Gasteiger partial charge in [0, 0.05) is 5.33 Å². The van der Waals surface area contributed by atoms with E-state index >= 15 is 0 Å². The summed E-state index contributed by atoms with van der Waals surface area (Å²) < 4.78 is 10.6. The van der Waals surface area contributed by atoms with E-state index in [4.69, 9.17) is 9.47 Å². The minimum Gasteiger partial charge on any atom is -0.465 e. The predicted molar refractivity (Wildman–Crippen MR) is 101 cm³/mol. The van der Waals surface area contributed by atoms with Crippen LogP contribution in [0.3, 0.4) is 0 Å². The number of halogens is 1. The van der Waals surface area contributed by atoms with Crippen LogP contribution in [0.1, 0.15) is 84.5 Å². The Morgan fingerprint density at radius 1 is 0.750 bits per heavy atom. The van der Waals surface area contributed by atoms with Crippen molar-refractivity contribution in [1.82, 2.24) is 0 Å². The van der Waals surface area contributed by atoms with Gasteiger partial charge in [0.25, 0.3) is 0 Å². The molecule has 142 valence electrons. The van der Waals surface area contributed by atoms with Gasteiger partial charge in [0.2, 0.25) is 0 Å². The fourth-order valence-corrected chi connectivity index (χ4v) is 2.78. The number of ether oxygens (including phenoxy) is 2. The van der Waals surface area contributed by atoms with Crippen LogP contribution < -0.4 is 0 Å². The average molecular weight is 407 g/mol. The molecule has 0 aliphatic carbocycles. The van der Waals surface area contributed by atoms with Crippen molar-refractivity contribution >= 4 is 27.9 Å². The standard InChI is InChI=1S/C19H35BrO4/c1-3-5-11-15-23-18(21)17(13-9-7-8-10-14-20)19(22)24-16-12-6-4-2/h17H,3-16H2,1-2H3. The third kappa shape index (κ3) is 12.8. The first-order valence-corrected chi connectivity index (χ1v) is 10.7. The van der Waals surface area contributed by atoms with E-state index in [2.05, 4.69) is 29.8 Å². The number of hydrogen-bond acceptors (Lipinski definition) is 4. The summed E-state index contributed by atoms with van der Waals surface area (Å²) in [7, 11) is 0. The number of esters is 2. The van der Waals surface area contributed by atoms with Crippen molar-refractivity contribution in [3.05, 3.63) is 0 Å². The molecule has 0 aliphatic heterocycles. The fourth-order valence-electron chi connectivity index (χ4n) is 2.38. The summed E-state index contributed by atoms with van der Waals surface area (Å²) in [6.07, 6.45) is 10.6. The molecule has 0 amide bonds. The molecule has 0 bridgehead atoms. The van der Waals surface area contributed by atoms with Gasteiger partial charge in [0.05, 0.1) is 13.2 Å². The van der Waals surface area contributed by atoms with Crippen molar-refractivity contribution in [2.75, 3.05) is 18.5 Å². The van der Waals surface area contributed by atoms with Gasteiger partial charge in [-0.1, -0.05) is 74.7 Å². The van der Waals surface area contributed by atoms with Crippen molar-refractivity contribution in [3.63, 3.8) is 0 Å². The van der Waals surface area contributed by atoms with Gasteiger partial charge in [-0.05, 0) is 25.7 Å². The van der Waals surface area contributed by atoms with E-state index in [1.54, 1.807) is 0 Å². The maximum atomic E-state index is 12.2. The Morgan fingerprint density at radius 3 is 1.71 bits per heavy atom. The van der Waals surface area contributed by atoms with Crippen LogP contribution in [-0.2, 0) is 19.1 Å². The van der Waals surface area contributed by atoms with Crippen LogP contribution in [0, 0.1) is 5.92 Å². The second-order valence-corrected chi connectivity index (χ2v) is 6.99. The van der Waals surface area contributed by atoms with Gasteiger partial charge in [-0.2, -0.15) is 0 Å². The van der Waals surface area contributed by atoms with Gasteiger partial charge in [0.1, 0.15) is 0 Å². The van der Waals surface area contributed by atoms with Crippen LogP contribution in [0.4, 0.5) is 0 Å². The van der Waals surface area contributed by atoms with E-state index < -0.39 is 17.9 Å². The average Bonchev–Trinajstić information content (AvgIpc) is 2.58. The number of alkyl halides is 1. The van der Waals surface area contributed by atoms with Crippen molar-refractivity contribution in [2.24, 2.45) is 5.92 Å². The van der Waals surface area contributed by atoms with Gasteiger partial charge in [-0.3, -0.25) is 9.59 Å². The Balaban J connectivity index is 4.29. The van der Waals surface area contributed by atoms with Gasteiger partial charge < -0.3 is 9.47 Å². The molecule has 0 saturated carbocycles. The molecule has 0 heterocycles. The molecule has 0 aliphatic rings. The van der Waals surface area contributed by atoms with Crippen molar-refractivity contribution in [2.45, 2.75) is 84.5 Å². The molecule has 24 heavy (non-hydrogen) atoms. The molecule has 0 saturated heterocycles. The number of rotatable bonds is 16. The molecule has 0 aromatic carbocycles. The molecule has 0 N–H and O–H groups in total. The number of carbonyl (C=O) groups excluding carboxylic acids is 2. The third-order valence-electron chi connectivity index (χ3n) is 3.93. The summed E-state index contributed by atoms with van der Waals surface area (Å²) in [4.78, 5) is 24.5. The van der Waals surface area contributed by atoms with Gasteiger partial charge in [-0.25, -0.2) is 0 Å². The monoisotopic (exact) mass is 406 g/mol. The largest absolute Gasteiger partial charge is 0.465 e. The second-order valence-electron chi connectivity index (χ2n) is 6.19. The highest BCUT2D eigenvalue weighted by molar-refractivity contribution is 9.09. The van der Waals surface area contributed by atoms with E-state index in [0.29, 0.717) is 19.6 Å². The molecule has 0 rings (SSSR count). The quantitative estimate of drug-likeness (QED) is 0.148. The first-order chi connectivity index (χ1) is 11.7. The van der Waals surface area contributed by atoms with E-state index in [1.165, 1.54) is 0 Å². The summed E-state index contributed by atoms with van der Waals surface area (Å²) in [6, 6.07) is 0. The van der Waals surface area contributed by atoms with Crippen LogP contribution >= 0.6 is 15.9 Å². The highest BCUT2D eigenvalue weighted by atomic mass is 79.9. The molecule has 5 heteroatoms. The lowest BCUT2D eigenvalue weighted by atomic mass is 10.0. The normalized spacial score (nSPS) is 10.8. The first-order valence-electron chi connectivity index (χ1n) is 9.56. The smallest absolute Gasteiger partial charge is 0.320 e. The van der Waals surface area contributed by atoms with Crippen molar-refractivity contribution in [3.8, 4) is 0 Å². The fraction of sp³-hybridized carbons (Fsp3) is 0.895. The van der Waals surface area contributed by atoms with Crippen LogP contribution in [0.5, 0.6) is 0 Å². The zero-order valence-corrected chi connectivity index (χ0v) is 17.1. The zero-order chi connectivity index (χ0) is 18.0. The van der Waals surface area contributed by atoms with E-state index in [0.717, 1.165) is 69.5 Å². The lowest BCUT2D eigenvalue weighted by molar-refractivity contribution is -0.162. The molecule has 0 fully saturated rings. The third-order valence-corrected chi connectivity index (χ3v) is 4.49. The maximum Gasteiger partial charge on any atom is 0.320 e. The van der Waals surface area contributed by atoms with Gasteiger partial charge in [0.15, 0.2) is 5.92 Å². The van der Waals surface area contributed by atoms with Crippen LogP contribution in [-0.4, -0.2) is 30.5 Å². The van der Waals surface area contributed by atoms with Crippen LogP contribution in [0.2, 0.25) is 0 Å². The molecule has 0 unspecified atom stereocenters. The highest BCUT2D eigenvalue weighted by Crippen LogP contribution is 2.16. The van der Waals surface area contributed by atoms with Gasteiger partial charge >= 0.3 is 11.9 Å². The summed E-state index contributed by atoms with van der Waals surface area (Å²) in [5.74, 6) is -1.57. The topological polar surface area (TPSA) is 52.6 Å². The van der Waals surface area contributed by atoms with E-state index in [9.17, 15) is 9.59 Å². The molecule has 0 aromatic rings. The predicted octanol–water partition coefficient (Wildman–Crippen LogP) is 5.41. The molecule has 0 radical (unpaired) electrons. The molecular formula is C19H35BrO4. The van der Waals surface area contributed by atoms with Crippen molar-refractivity contribution in [1.29, 1.82) is 0 Å². The minimum atomic E-state index is -0.753. The van der Waals surface area contributed by atoms with E-state index in [1.807, 2.05) is 0 Å². The number of carbonyl (C=O) groups is 2. The summed E-state index contributed by atoms with van der Waals surface area (Å²) in [6.45, 7) is 5.00. The van der Waals surface area contributed by atoms with Crippen LogP contribution in [0.25, 0.3) is 0 Å². The molecule has 0 spiro atoms. The first kappa shape index (κ1) is 23.4. The van der Waals surface area contributed by atoms with Crippen LogP contribution in [0.15, 0.2) is 0 Å². The Morgan fingerprint density at radius 2 is 1.25 bits per heavy atom. The molecule has 0 aromatic heterocycles. The molecular weight excluding hydrogens is 372 g/mol. The Hall–Kier alpha value is -0.580. The maximum absolute atomic E-state index is 12.2. The van der Waals surface area contributed by atoms with E-state index in [-0.39, 0.29) is 0 Å². The van der Waals surface area contributed by atoms with Gasteiger partial charge in [-0.15, -0.1) is 0 Å². The lowest BCUT2D eigenvalue weighted by Gasteiger charge is -2.15. The lowest BCUT2D eigenvalue weighted by Crippen LogP contribution is -2.28. The Bertz CT molecular complexity index is 296. The highest BCUT2D eigenvalue weighted by Gasteiger charge is 2.29. The van der Waals surface area contributed by atoms with Crippen molar-refractivity contribution < 1.29 is 19.1 Å². The number of hydrogen-bond donors (Lipinski definition) is 0. The summed E-state index contributed by atoms with van der Waals surface area (Å²) >= 11 is 3.41. The second kappa shape index (κ2) is 17.2. The Kier molecular flexibility index (Phi) is 16.8. The zero-order valence-electron chi connectivity index (χ0n) is 15.5. The summed E-state index contributed by atoms with van der Waals surface area (Å²) in [5.41, 5.74) is 0. The Labute approximate surface area is 156 Å². The SMILES string of the molecule is CCCCCOC(=O)C(CCCCCCBr)C(=O)OCCCCC. The minimum absolute atomic E-state index is 0.399. The summed E-state index contributed by atoms with van der Waals surface area (Å²) in [5, 5.41) is 0.995. The number of unbranched alkanes of at least 4 members (excludes halogenated alkanes) is 7.